The van der Waals surface area contributed by atoms with Gasteiger partial charge < -0.3 is 15.0 Å². The third-order valence-electron chi connectivity index (χ3n) is 3.49. The average molecular weight is 322 g/mol. The van der Waals surface area contributed by atoms with Crippen LogP contribution in [0.15, 0.2) is 31.1 Å². The molecule has 1 atom stereocenters. The van der Waals surface area contributed by atoms with Gasteiger partial charge in [0.2, 0.25) is 0 Å². The number of rotatable bonds is 5. The standard InChI is InChI=1S/C10H13NO.C7H16N2.C2H6/c1-8(2)12-9(3)10-5-4-6-11-7-10;1-3-9-5-4-7(6-9)8-2;1-2/h4-8H,3H2,1-2H3;7-8H,3-6H2,1-2H3;1-2H3/t;7-;/m.0./s1. The average Bonchev–Trinajstić information content (AvgIpc) is 3.06. The van der Waals surface area contributed by atoms with Crippen LogP contribution in [0.1, 0.15) is 46.6 Å². The van der Waals surface area contributed by atoms with Crippen LogP contribution in [0, 0.1) is 0 Å². The predicted octanol–water partition coefficient (Wildman–Crippen LogP) is 3.80. The fourth-order valence-corrected chi connectivity index (χ4v) is 2.24. The molecule has 4 heteroatoms. The number of ether oxygens (including phenoxy) is 1. The maximum atomic E-state index is 5.40. The highest BCUT2D eigenvalue weighted by Gasteiger charge is 2.18. The Labute approximate surface area is 142 Å². The molecule has 4 nitrogen and oxygen atoms in total. The minimum Gasteiger partial charge on any atom is -0.491 e. The van der Waals surface area contributed by atoms with Crippen LogP contribution in [0.2, 0.25) is 0 Å². The van der Waals surface area contributed by atoms with E-state index in [0.29, 0.717) is 5.76 Å². The van der Waals surface area contributed by atoms with Gasteiger partial charge in [-0.05, 0) is 52.5 Å². The van der Waals surface area contributed by atoms with Gasteiger partial charge in [-0.1, -0.05) is 27.4 Å². The van der Waals surface area contributed by atoms with Crippen LogP contribution in [0.25, 0.3) is 5.76 Å². The van der Waals surface area contributed by atoms with Crippen molar-refractivity contribution in [1.82, 2.24) is 15.2 Å². The van der Waals surface area contributed by atoms with E-state index in [1.54, 1.807) is 12.4 Å². The molecule has 0 bridgehead atoms. The van der Waals surface area contributed by atoms with E-state index in [4.69, 9.17) is 4.74 Å². The second-order valence-corrected chi connectivity index (χ2v) is 5.50. The summed E-state index contributed by atoms with van der Waals surface area (Å²) in [4.78, 5) is 6.45. The molecule has 0 unspecified atom stereocenters. The third kappa shape index (κ3) is 9.36. The molecule has 0 spiro atoms. The van der Waals surface area contributed by atoms with Crippen molar-refractivity contribution in [3.8, 4) is 0 Å². The van der Waals surface area contributed by atoms with Crippen LogP contribution < -0.4 is 5.32 Å². The first-order valence-electron chi connectivity index (χ1n) is 8.72. The SMILES string of the molecule is C=C(OC(C)C)c1cccnc1.CC.CCN1CC[C@H](NC)C1. The molecule has 1 aromatic rings. The van der Waals surface area contributed by atoms with Gasteiger partial charge in [-0.15, -0.1) is 0 Å². The van der Waals surface area contributed by atoms with Gasteiger partial charge in [0.25, 0.3) is 0 Å². The van der Waals surface area contributed by atoms with Crippen molar-refractivity contribution in [3.63, 3.8) is 0 Å². The number of nitrogens with one attached hydrogen (secondary N) is 1. The Morgan fingerprint density at radius 2 is 2.17 bits per heavy atom. The summed E-state index contributed by atoms with van der Waals surface area (Å²) in [6.07, 6.45) is 4.96. The Balaban J connectivity index is 0.000000392. The summed E-state index contributed by atoms with van der Waals surface area (Å²) < 4.78 is 5.40. The number of pyridine rings is 1. The molecule has 1 saturated heterocycles. The van der Waals surface area contributed by atoms with E-state index in [2.05, 4.69) is 28.7 Å². The lowest BCUT2D eigenvalue weighted by Crippen LogP contribution is -2.29. The fraction of sp³-hybridized carbons (Fsp3) is 0.632. The predicted molar refractivity (Wildman–Crippen MR) is 100 cm³/mol. The summed E-state index contributed by atoms with van der Waals surface area (Å²) in [6.45, 7) is 17.7. The Hall–Kier alpha value is -1.39. The van der Waals surface area contributed by atoms with E-state index in [0.717, 1.165) is 11.6 Å². The van der Waals surface area contributed by atoms with Crippen molar-refractivity contribution < 1.29 is 4.74 Å². The van der Waals surface area contributed by atoms with Gasteiger partial charge in [0.15, 0.2) is 0 Å². The highest BCUT2D eigenvalue weighted by molar-refractivity contribution is 5.55. The lowest BCUT2D eigenvalue weighted by Gasteiger charge is -2.11. The quantitative estimate of drug-likeness (QED) is 0.837. The highest BCUT2D eigenvalue weighted by Crippen LogP contribution is 2.13. The first-order valence-corrected chi connectivity index (χ1v) is 8.72. The van der Waals surface area contributed by atoms with Gasteiger partial charge in [-0.25, -0.2) is 0 Å². The monoisotopic (exact) mass is 321 g/mol. The molecule has 0 radical (unpaired) electrons. The molecule has 0 saturated carbocycles. The first kappa shape index (κ1) is 21.6. The van der Waals surface area contributed by atoms with E-state index in [9.17, 15) is 0 Å². The van der Waals surface area contributed by atoms with Crippen LogP contribution >= 0.6 is 0 Å². The zero-order valence-corrected chi connectivity index (χ0v) is 15.8. The second-order valence-electron chi connectivity index (χ2n) is 5.50. The topological polar surface area (TPSA) is 37.4 Å². The van der Waals surface area contributed by atoms with E-state index >= 15 is 0 Å². The second kappa shape index (κ2) is 13.1. The number of nitrogens with zero attached hydrogens (tertiary/aromatic N) is 2. The highest BCUT2D eigenvalue weighted by atomic mass is 16.5. The summed E-state index contributed by atoms with van der Waals surface area (Å²) in [5.74, 6) is 0.679. The zero-order chi connectivity index (χ0) is 17.7. The first-order chi connectivity index (χ1) is 11.1. The summed E-state index contributed by atoms with van der Waals surface area (Å²) in [7, 11) is 2.05. The molecule has 23 heavy (non-hydrogen) atoms. The molecule has 1 aromatic heterocycles. The molecule has 1 N–H and O–H groups in total. The molecular weight excluding hydrogens is 286 g/mol. The lowest BCUT2D eigenvalue weighted by atomic mass is 10.2. The zero-order valence-electron chi connectivity index (χ0n) is 15.8. The fourth-order valence-electron chi connectivity index (χ4n) is 2.24. The van der Waals surface area contributed by atoms with Gasteiger partial charge in [0.1, 0.15) is 5.76 Å². The number of aromatic nitrogens is 1. The van der Waals surface area contributed by atoms with E-state index in [1.165, 1.54) is 26.1 Å². The Morgan fingerprint density at radius 3 is 2.57 bits per heavy atom. The van der Waals surface area contributed by atoms with E-state index in [-0.39, 0.29) is 6.10 Å². The van der Waals surface area contributed by atoms with Gasteiger partial charge in [-0.3, -0.25) is 4.98 Å². The molecular formula is C19H35N3O. The van der Waals surface area contributed by atoms with Crippen molar-refractivity contribution in [2.45, 2.75) is 53.2 Å². The van der Waals surface area contributed by atoms with Crippen LogP contribution in [0.5, 0.6) is 0 Å². The molecule has 1 fully saturated rings. The van der Waals surface area contributed by atoms with Crippen LogP contribution in [0.3, 0.4) is 0 Å². The minimum absolute atomic E-state index is 0.165. The Bertz CT molecular complexity index is 396. The van der Waals surface area contributed by atoms with Gasteiger partial charge in [-0.2, -0.15) is 0 Å². The van der Waals surface area contributed by atoms with Gasteiger partial charge in [0, 0.05) is 30.5 Å². The minimum atomic E-state index is 0.165. The van der Waals surface area contributed by atoms with Gasteiger partial charge >= 0.3 is 0 Å². The summed E-state index contributed by atoms with van der Waals surface area (Å²) in [5.41, 5.74) is 0.936. The van der Waals surface area contributed by atoms with Crippen molar-refractivity contribution in [2.24, 2.45) is 0 Å². The molecule has 0 amide bonds. The third-order valence-corrected chi connectivity index (χ3v) is 3.49. The van der Waals surface area contributed by atoms with Crippen molar-refractivity contribution in [1.29, 1.82) is 0 Å². The summed E-state index contributed by atoms with van der Waals surface area (Å²) in [5, 5.41) is 3.29. The van der Waals surface area contributed by atoms with Gasteiger partial charge in [0.05, 0.1) is 6.10 Å². The van der Waals surface area contributed by atoms with Crippen LogP contribution in [0.4, 0.5) is 0 Å². The van der Waals surface area contributed by atoms with Crippen LogP contribution in [-0.4, -0.2) is 48.7 Å². The van der Waals surface area contributed by atoms with Crippen molar-refractivity contribution in [2.75, 3.05) is 26.7 Å². The molecule has 1 aliphatic rings. The lowest BCUT2D eigenvalue weighted by molar-refractivity contribution is 0.205. The Kier molecular flexibility index (Phi) is 12.3. The largest absolute Gasteiger partial charge is 0.491 e. The number of hydrogen-bond acceptors (Lipinski definition) is 4. The van der Waals surface area contributed by atoms with Crippen molar-refractivity contribution >= 4 is 5.76 Å². The molecule has 132 valence electrons. The number of likely N-dealkylation sites (N-methyl/N-ethyl adjacent to an activating group) is 2. The maximum absolute atomic E-state index is 5.40. The summed E-state index contributed by atoms with van der Waals surface area (Å²) in [6, 6.07) is 4.55. The normalized spacial score (nSPS) is 16.9. The molecule has 2 rings (SSSR count). The molecule has 1 aliphatic heterocycles. The van der Waals surface area contributed by atoms with E-state index in [1.807, 2.05) is 46.9 Å². The smallest absolute Gasteiger partial charge is 0.121 e. The summed E-state index contributed by atoms with van der Waals surface area (Å²) >= 11 is 0. The maximum Gasteiger partial charge on any atom is 0.121 e. The van der Waals surface area contributed by atoms with Crippen LogP contribution in [-0.2, 0) is 4.74 Å². The molecule has 0 aromatic carbocycles. The van der Waals surface area contributed by atoms with Crippen molar-refractivity contribution in [3.05, 3.63) is 36.7 Å². The molecule has 0 aliphatic carbocycles. The number of hydrogen-bond donors (Lipinski definition) is 1. The Morgan fingerprint density at radius 1 is 1.48 bits per heavy atom. The molecule has 2 heterocycles. The van der Waals surface area contributed by atoms with E-state index < -0.39 is 0 Å². The number of likely N-dealkylation sites (tertiary alicyclic amines) is 1.